The predicted molar refractivity (Wildman–Crippen MR) is 141 cm³/mol. The molecule has 0 saturated carbocycles. The lowest BCUT2D eigenvalue weighted by Gasteiger charge is -2.12. The van der Waals surface area contributed by atoms with Crippen LogP contribution in [0.4, 0.5) is 5.69 Å². The number of rotatable bonds is 6. The molecule has 0 heterocycles. The molecule has 0 unspecified atom stereocenters. The highest BCUT2D eigenvalue weighted by Gasteiger charge is 2.13. The Morgan fingerprint density at radius 2 is 1.91 bits per heavy atom. The fourth-order valence-corrected chi connectivity index (χ4v) is 4.80. The van der Waals surface area contributed by atoms with Crippen LogP contribution in [0, 0.1) is 21.8 Å². The lowest BCUT2D eigenvalue weighted by Crippen LogP contribution is -2.13. The molecule has 3 aromatic carbocycles. The van der Waals surface area contributed by atoms with E-state index < -0.39 is 5.91 Å². The van der Waals surface area contributed by atoms with Gasteiger partial charge in [-0.3, -0.25) is 4.79 Å². The predicted octanol–water partition coefficient (Wildman–Crippen LogP) is 7.79. The summed E-state index contributed by atoms with van der Waals surface area (Å²) in [5.74, 6) is 0.163. The van der Waals surface area contributed by atoms with E-state index in [1.807, 2.05) is 43.3 Å². The molecule has 8 heteroatoms. The first-order valence-corrected chi connectivity index (χ1v) is 11.9. The molecule has 0 radical (unpaired) electrons. The fraction of sp³-hybridized carbons (Fsp3) is 0.0833. The van der Waals surface area contributed by atoms with Gasteiger partial charge in [-0.25, -0.2) is 0 Å². The molecule has 32 heavy (non-hydrogen) atoms. The maximum atomic E-state index is 12.6. The van der Waals surface area contributed by atoms with E-state index in [1.165, 1.54) is 6.08 Å². The van der Waals surface area contributed by atoms with E-state index in [2.05, 4.69) is 43.8 Å². The molecule has 1 amide bonds. The van der Waals surface area contributed by atoms with Crippen molar-refractivity contribution in [1.29, 1.82) is 5.26 Å². The number of aryl methyl sites for hydroxylation is 1. The van der Waals surface area contributed by atoms with Crippen molar-refractivity contribution in [2.24, 2.45) is 0 Å². The first-order chi connectivity index (χ1) is 15.3. The van der Waals surface area contributed by atoms with Crippen LogP contribution >= 0.6 is 61.7 Å². The van der Waals surface area contributed by atoms with Crippen molar-refractivity contribution in [2.75, 3.05) is 5.32 Å². The van der Waals surface area contributed by atoms with E-state index in [4.69, 9.17) is 27.9 Å². The molecule has 0 aliphatic rings. The largest absolute Gasteiger partial charge is 0.487 e. The van der Waals surface area contributed by atoms with Crippen LogP contribution in [0.2, 0.25) is 10.0 Å². The molecule has 0 saturated heterocycles. The summed E-state index contributed by atoms with van der Waals surface area (Å²) in [7, 11) is 0. The van der Waals surface area contributed by atoms with Crippen LogP contribution in [0.5, 0.6) is 5.75 Å². The van der Waals surface area contributed by atoms with E-state index in [1.54, 1.807) is 24.3 Å². The second-order valence-corrected chi connectivity index (χ2v) is 9.68. The molecule has 0 aliphatic heterocycles. The van der Waals surface area contributed by atoms with Crippen molar-refractivity contribution in [1.82, 2.24) is 0 Å². The third-order valence-electron chi connectivity index (χ3n) is 4.42. The van der Waals surface area contributed by atoms with Crippen molar-refractivity contribution in [3.63, 3.8) is 0 Å². The van der Waals surface area contributed by atoms with E-state index >= 15 is 0 Å². The van der Waals surface area contributed by atoms with Gasteiger partial charge in [0.05, 0.1) is 8.04 Å². The van der Waals surface area contributed by atoms with Gasteiger partial charge in [0.2, 0.25) is 0 Å². The molecule has 3 rings (SSSR count). The number of carbonyl (C=O) groups excluding carboxylic acids is 1. The second-order valence-electron chi connectivity index (χ2n) is 6.82. The third-order valence-corrected chi connectivity index (χ3v) is 6.47. The first kappa shape index (κ1) is 24.6. The Morgan fingerprint density at radius 1 is 1.19 bits per heavy atom. The molecule has 0 spiro atoms. The maximum absolute atomic E-state index is 12.6. The standard InChI is InChI=1S/C24H16BrCl2IN2O2/c1-14-2-7-19(11-21(14)27)30-24(31)17(12-29)8-16-9-20(25)23(22(28)10-16)32-13-15-3-5-18(26)6-4-15/h2-11H,13H2,1H3,(H,30,31)/b17-8-. The lowest BCUT2D eigenvalue weighted by atomic mass is 10.1. The highest BCUT2D eigenvalue weighted by atomic mass is 127. The van der Waals surface area contributed by atoms with Gasteiger partial charge in [0.1, 0.15) is 24.0 Å². The van der Waals surface area contributed by atoms with Crippen LogP contribution in [0.15, 0.2) is 64.6 Å². The second kappa shape index (κ2) is 11.2. The van der Waals surface area contributed by atoms with Gasteiger partial charge >= 0.3 is 0 Å². The summed E-state index contributed by atoms with van der Waals surface area (Å²) in [4.78, 5) is 12.6. The summed E-state index contributed by atoms with van der Waals surface area (Å²) in [6, 6.07) is 18.2. The summed E-state index contributed by atoms with van der Waals surface area (Å²) in [6.07, 6.45) is 1.53. The summed E-state index contributed by atoms with van der Waals surface area (Å²) in [5.41, 5.74) is 3.07. The molecular formula is C24H16BrCl2IN2O2. The molecule has 0 fully saturated rings. The zero-order valence-electron chi connectivity index (χ0n) is 16.8. The zero-order chi connectivity index (χ0) is 23.3. The first-order valence-electron chi connectivity index (χ1n) is 9.32. The Labute approximate surface area is 218 Å². The van der Waals surface area contributed by atoms with Gasteiger partial charge in [0.25, 0.3) is 5.91 Å². The average molecular weight is 642 g/mol. The molecule has 0 bridgehead atoms. The number of ether oxygens (including phenoxy) is 1. The Kier molecular flexibility index (Phi) is 8.60. The zero-order valence-corrected chi connectivity index (χ0v) is 22.0. The van der Waals surface area contributed by atoms with Gasteiger partial charge in [-0.1, -0.05) is 41.4 Å². The van der Waals surface area contributed by atoms with Crippen molar-refractivity contribution >= 4 is 79.4 Å². The van der Waals surface area contributed by atoms with Gasteiger partial charge in [-0.15, -0.1) is 0 Å². The highest BCUT2D eigenvalue weighted by molar-refractivity contribution is 14.1. The summed E-state index contributed by atoms with van der Waals surface area (Å²) >= 11 is 17.7. The van der Waals surface area contributed by atoms with E-state index in [0.717, 1.165) is 14.7 Å². The number of carbonyl (C=O) groups is 1. The van der Waals surface area contributed by atoms with Crippen molar-refractivity contribution in [3.8, 4) is 11.8 Å². The molecule has 0 atom stereocenters. The minimum Gasteiger partial charge on any atom is -0.487 e. The van der Waals surface area contributed by atoms with Crippen LogP contribution in [0.1, 0.15) is 16.7 Å². The van der Waals surface area contributed by atoms with Crippen LogP contribution in [0.25, 0.3) is 6.08 Å². The number of hydrogen-bond donors (Lipinski definition) is 1. The lowest BCUT2D eigenvalue weighted by molar-refractivity contribution is -0.112. The van der Waals surface area contributed by atoms with Crippen molar-refractivity contribution in [3.05, 3.63) is 94.9 Å². The van der Waals surface area contributed by atoms with Crippen LogP contribution in [-0.4, -0.2) is 5.91 Å². The smallest absolute Gasteiger partial charge is 0.266 e. The molecule has 0 aliphatic carbocycles. The molecule has 4 nitrogen and oxygen atoms in total. The number of nitrogens with zero attached hydrogens (tertiary/aromatic N) is 1. The topological polar surface area (TPSA) is 62.1 Å². The van der Waals surface area contributed by atoms with E-state index in [9.17, 15) is 10.1 Å². The fourth-order valence-electron chi connectivity index (χ4n) is 2.72. The van der Waals surface area contributed by atoms with Gasteiger partial charge in [-0.05, 0) is 105 Å². The highest BCUT2D eigenvalue weighted by Crippen LogP contribution is 2.33. The van der Waals surface area contributed by atoms with E-state index in [-0.39, 0.29) is 5.57 Å². The summed E-state index contributed by atoms with van der Waals surface area (Å²) in [5, 5.41) is 13.4. The van der Waals surface area contributed by atoms with Gasteiger partial charge in [-0.2, -0.15) is 5.26 Å². The number of nitrogens with one attached hydrogen (secondary N) is 1. The van der Waals surface area contributed by atoms with Gasteiger partial charge < -0.3 is 10.1 Å². The Balaban J connectivity index is 1.77. The Morgan fingerprint density at radius 3 is 2.53 bits per heavy atom. The minimum absolute atomic E-state index is 0.0285. The average Bonchev–Trinajstić information content (AvgIpc) is 2.75. The molecule has 162 valence electrons. The molecular weight excluding hydrogens is 626 g/mol. The third kappa shape index (κ3) is 6.48. The van der Waals surface area contributed by atoms with Gasteiger partial charge in [0.15, 0.2) is 0 Å². The Bertz CT molecular complexity index is 1210. The molecule has 0 aromatic heterocycles. The summed E-state index contributed by atoms with van der Waals surface area (Å²) in [6.45, 7) is 2.25. The van der Waals surface area contributed by atoms with Crippen LogP contribution in [0.3, 0.4) is 0 Å². The minimum atomic E-state index is -0.512. The maximum Gasteiger partial charge on any atom is 0.266 e. The molecule has 1 N–H and O–H groups in total. The SMILES string of the molecule is Cc1ccc(NC(=O)/C(C#N)=C\c2cc(Br)c(OCc3ccc(Cl)cc3)c(I)c2)cc1Cl. The number of hydrogen-bond acceptors (Lipinski definition) is 3. The normalized spacial score (nSPS) is 11.1. The summed E-state index contributed by atoms with van der Waals surface area (Å²) < 4.78 is 7.50. The number of benzene rings is 3. The van der Waals surface area contributed by atoms with E-state index in [0.29, 0.717) is 38.1 Å². The quantitative estimate of drug-likeness (QED) is 0.170. The van der Waals surface area contributed by atoms with Gasteiger partial charge in [0, 0.05) is 15.7 Å². The van der Waals surface area contributed by atoms with Crippen LogP contribution < -0.4 is 10.1 Å². The Hall–Kier alpha value is -2.05. The number of anilines is 1. The monoisotopic (exact) mass is 640 g/mol. The number of amides is 1. The number of nitriles is 1. The van der Waals surface area contributed by atoms with Crippen molar-refractivity contribution in [2.45, 2.75) is 13.5 Å². The molecule has 3 aromatic rings. The van der Waals surface area contributed by atoms with Crippen LogP contribution in [-0.2, 0) is 11.4 Å². The van der Waals surface area contributed by atoms with Crippen molar-refractivity contribution < 1.29 is 9.53 Å². The number of halogens is 4.